The van der Waals surface area contributed by atoms with E-state index < -0.39 is 41.8 Å². The van der Waals surface area contributed by atoms with E-state index in [1.54, 1.807) is 47.6 Å². The number of rotatable bonds is 12. The molecule has 0 amide bonds. The van der Waals surface area contributed by atoms with Gasteiger partial charge in [-0.3, -0.25) is 14.4 Å². The van der Waals surface area contributed by atoms with Gasteiger partial charge >= 0.3 is 24.1 Å². The van der Waals surface area contributed by atoms with Crippen LogP contribution in [0.3, 0.4) is 0 Å². The summed E-state index contributed by atoms with van der Waals surface area (Å²) in [6.45, 7) is 13.7. The molecule has 0 bridgehead atoms. The van der Waals surface area contributed by atoms with Crippen molar-refractivity contribution in [1.82, 2.24) is 0 Å². The highest BCUT2D eigenvalue weighted by molar-refractivity contribution is 5.79. The molecule has 0 saturated heterocycles. The summed E-state index contributed by atoms with van der Waals surface area (Å²) in [6.07, 6.45) is -0.385. The predicted octanol–water partition coefficient (Wildman–Crippen LogP) is 4.34. The van der Waals surface area contributed by atoms with Crippen LogP contribution in [0.2, 0.25) is 0 Å². The van der Waals surface area contributed by atoms with E-state index in [4.69, 9.17) is 29.4 Å². The average molecular weight is 524 g/mol. The molecule has 2 N–H and O–H groups in total. The normalized spacial score (nSPS) is 14.5. The number of hydrogen-bond acceptors (Lipinski definition) is 10. The summed E-state index contributed by atoms with van der Waals surface area (Å²) >= 11 is 0. The lowest BCUT2D eigenvalue weighted by atomic mass is 10.1. The number of nitrogens with two attached hydrogens (primary N) is 1. The highest BCUT2D eigenvalue weighted by Gasteiger charge is 2.24. The Balaban J connectivity index is 2.88. The maximum absolute atomic E-state index is 12.5. The van der Waals surface area contributed by atoms with Crippen LogP contribution in [0.1, 0.15) is 73.8 Å². The summed E-state index contributed by atoms with van der Waals surface area (Å²) in [4.78, 5) is 48.9. The highest BCUT2D eigenvalue weighted by Crippen LogP contribution is 2.31. The van der Waals surface area contributed by atoms with Crippen molar-refractivity contribution in [2.24, 2.45) is 17.6 Å². The summed E-state index contributed by atoms with van der Waals surface area (Å²) in [5.74, 6) is -2.13. The van der Waals surface area contributed by atoms with Gasteiger partial charge in [0.15, 0.2) is 11.5 Å². The maximum atomic E-state index is 12.5. The van der Waals surface area contributed by atoms with Crippen molar-refractivity contribution in [3.63, 3.8) is 0 Å². The minimum atomic E-state index is -1.05. The average Bonchev–Trinajstić information content (AvgIpc) is 2.81. The lowest BCUT2D eigenvalue weighted by molar-refractivity contribution is -0.152. The summed E-state index contributed by atoms with van der Waals surface area (Å²) in [7, 11) is 0. The van der Waals surface area contributed by atoms with Crippen LogP contribution in [0.5, 0.6) is 11.5 Å². The fourth-order valence-corrected chi connectivity index (χ4v) is 2.72. The second-order valence-electron chi connectivity index (χ2n) is 10.1. The van der Waals surface area contributed by atoms with Crippen molar-refractivity contribution in [3.05, 3.63) is 23.8 Å². The molecule has 1 rings (SSSR count). The van der Waals surface area contributed by atoms with Gasteiger partial charge in [-0.05, 0) is 64.7 Å². The Morgan fingerprint density at radius 3 is 1.92 bits per heavy atom. The lowest BCUT2D eigenvalue weighted by Crippen LogP contribution is -2.37. The topological polar surface area (TPSA) is 140 Å². The van der Waals surface area contributed by atoms with Crippen LogP contribution in [-0.2, 0) is 35.0 Å². The first-order valence-electron chi connectivity index (χ1n) is 12.5. The quantitative estimate of drug-likeness (QED) is 0.311. The van der Waals surface area contributed by atoms with Crippen LogP contribution in [0.25, 0.3) is 0 Å². The Morgan fingerprint density at radius 1 is 0.865 bits per heavy atom. The lowest BCUT2D eigenvalue weighted by Gasteiger charge is -2.21. The van der Waals surface area contributed by atoms with Crippen molar-refractivity contribution >= 4 is 24.1 Å². The Morgan fingerprint density at radius 2 is 1.41 bits per heavy atom. The van der Waals surface area contributed by atoms with Crippen molar-refractivity contribution < 1.29 is 42.9 Å². The summed E-state index contributed by atoms with van der Waals surface area (Å²) < 4.78 is 26.2. The van der Waals surface area contributed by atoms with E-state index in [0.717, 1.165) is 0 Å². The van der Waals surface area contributed by atoms with Crippen molar-refractivity contribution in [2.45, 2.75) is 92.4 Å². The molecule has 0 aliphatic rings. The molecule has 0 aliphatic carbocycles. The highest BCUT2D eigenvalue weighted by atomic mass is 16.7. The first kappa shape index (κ1) is 31.9. The molecule has 0 aliphatic heterocycles. The second-order valence-corrected chi connectivity index (χ2v) is 10.1. The molecule has 0 saturated carbocycles. The molecule has 2 unspecified atom stereocenters. The standard InChI is InChI=1S/C27H41NO9/c1-9-16(3)23(29)35-21-12-11-19(14-22(21)36-24(30)17(4)10-2)13-20(28)25(31)34-18(5)15-33-26(32)37-27(6,7)8/h11-12,14,16-18,20H,9-10,13,15,28H2,1-8H3/t16?,17?,18-,20-/m0/s1. The van der Waals surface area contributed by atoms with Crippen molar-refractivity contribution in [3.8, 4) is 11.5 Å². The van der Waals surface area contributed by atoms with Crippen LogP contribution in [-0.4, -0.2) is 48.4 Å². The number of benzene rings is 1. The SMILES string of the molecule is CCC(C)C(=O)Oc1ccc(C[C@H](N)C(=O)O[C@@H](C)COC(=O)OC(C)(C)C)cc1OC(=O)C(C)CC. The van der Waals surface area contributed by atoms with Gasteiger partial charge in [0, 0.05) is 0 Å². The Bertz CT molecular complexity index is 938. The summed E-state index contributed by atoms with van der Waals surface area (Å²) in [5.41, 5.74) is 5.90. The monoisotopic (exact) mass is 523 g/mol. The van der Waals surface area contributed by atoms with Gasteiger partial charge in [0.25, 0.3) is 0 Å². The third-order valence-electron chi connectivity index (χ3n) is 5.36. The molecule has 37 heavy (non-hydrogen) atoms. The van der Waals surface area contributed by atoms with Crippen LogP contribution < -0.4 is 15.2 Å². The third kappa shape index (κ3) is 11.6. The first-order valence-corrected chi connectivity index (χ1v) is 12.5. The smallest absolute Gasteiger partial charge is 0.458 e. The fourth-order valence-electron chi connectivity index (χ4n) is 2.72. The van der Waals surface area contributed by atoms with Crippen molar-refractivity contribution in [1.29, 1.82) is 0 Å². The summed E-state index contributed by atoms with van der Waals surface area (Å²) in [5, 5.41) is 0. The van der Waals surface area contributed by atoms with E-state index in [2.05, 4.69) is 0 Å². The van der Waals surface area contributed by atoms with Gasteiger partial charge in [-0.2, -0.15) is 0 Å². The van der Waals surface area contributed by atoms with E-state index in [1.165, 1.54) is 12.1 Å². The van der Waals surface area contributed by atoms with Gasteiger partial charge in [0.05, 0.1) is 11.8 Å². The van der Waals surface area contributed by atoms with Gasteiger partial charge in [-0.25, -0.2) is 4.79 Å². The number of hydrogen-bond donors (Lipinski definition) is 1. The van der Waals surface area contributed by atoms with E-state index in [9.17, 15) is 19.2 Å². The Kier molecular flexibility index (Phi) is 12.6. The second kappa shape index (κ2) is 14.6. The number of carbonyl (C=O) groups excluding carboxylic acids is 4. The molecule has 0 heterocycles. The molecule has 10 nitrogen and oxygen atoms in total. The van der Waals surface area contributed by atoms with Crippen molar-refractivity contribution in [2.75, 3.05) is 6.61 Å². The number of ether oxygens (including phenoxy) is 5. The zero-order valence-electron chi connectivity index (χ0n) is 23.1. The van der Waals surface area contributed by atoms with Crippen LogP contribution in [0.4, 0.5) is 4.79 Å². The molecule has 10 heteroatoms. The van der Waals surface area contributed by atoms with Crippen LogP contribution >= 0.6 is 0 Å². The van der Waals surface area contributed by atoms with Gasteiger partial charge in [-0.15, -0.1) is 0 Å². The molecule has 4 atom stereocenters. The molecular formula is C27H41NO9. The minimum Gasteiger partial charge on any atom is -0.458 e. The number of esters is 3. The Labute approximate surface area is 219 Å². The fraction of sp³-hybridized carbons (Fsp3) is 0.630. The summed E-state index contributed by atoms with van der Waals surface area (Å²) in [6, 6.07) is 3.60. The zero-order valence-corrected chi connectivity index (χ0v) is 23.1. The van der Waals surface area contributed by atoms with Gasteiger partial charge in [0.1, 0.15) is 24.4 Å². The van der Waals surface area contributed by atoms with Gasteiger partial charge in [0.2, 0.25) is 0 Å². The minimum absolute atomic E-state index is 0.0615. The molecule has 0 radical (unpaired) electrons. The third-order valence-corrected chi connectivity index (χ3v) is 5.36. The zero-order chi connectivity index (χ0) is 28.3. The predicted molar refractivity (Wildman–Crippen MR) is 136 cm³/mol. The van der Waals surface area contributed by atoms with Crippen LogP contribution in [0, 0.1) is 11.8 Å². The van der Waals surface area contributed by atoms with Gasteiger partial charge < -0.3 is 29.4 Å². The largest absolute Gasteiger partial charge is 0.508 e. The molecule has 0 aromatic heterocycles. The Hall–Kier alpha value is -3.14. The van der Waals surface area contributed by atoms with Crippen LogP contribution in [0.15, 0.2) is 18.2 Å². The van der Waals surface area contributed by atoms with Gasteiger partial charge in [-0.1, -0.05) is 33.8 Å². The van der Waals surface area contributed by atoms with E-state index in [0.29, 0.717) is 18.4 Å². The number of carbonyl (C=O) groups is 4. The maximum Gasteiger partial charge on any atom is 0.508 e. The van der Waals surface area contributed by atoms with E-state index >= 15 is 0 Å². The molecule has 0 fully saturated rings. The molecule has 0 spiro atoms. The first-order chi connectivity index (χ1) is 17.2. The molecule has 1 aromatic rings. The molecular weight excluding hydrogens is 482 g/mol. The molecule has 1 aromatic carbocycles. The van der Waals surface area contributed by atoms with E-state index in [-0.39, 0.29) is 36.4 Å². The van der Waals surface area contributed by atoms with E-state index in [1.807, 2.05) is 13.8 Å². The molecule has 208 valence electrons.